The predicted molar refractivity (Wildman–Crippen MR) is 95.1 cm³/mol. The molecule has 2 nitrogen and oxygen atoms in total. The third-order valence-corrected chi connectivity index (χ3v) is 3.90. The van der Waals surface area contributed by atoms with Crippen LogP contribution in [0.3, 0.4) is 0 Å². The van der Waals surface area contributed by atoms with Crippen LogP contribution in [0, 0.1) is 0 Å². The van der Waals surface area contributed by atoms with Crippen molar-refractivity contribution in [3.05, 3.63) is 71.8 Å². The van der Waals surface area contributed by atoms with Crippen LogP contribution in [0.4, 0.5) is 0 Å². The first-order valence-electron chi connectivity index (χ1n) is 8.36. The molecule has 0 amide bonds. The molecule has 0 aromatic heterocycles. The maximum absolute atomic E-state index is 2.22. The summed E-state index contributed by atoms with van der Waals surface area (Å²) >= 11 is 0. The fourth-order valence-electron chi connectivity index (χ4n) is 2.14. The zero-order chi connectivity index (χ0) is 16.2. The zero-order valence-electron chi connectivity index (χ0n) is 15.4. The highest BCUT2D eigenvalue weighted by atomic mass is 79.9. The van der Waals surface area contributed by atoms with Gasteiger partial charge < -0.3 is 39.2 Å². The lowest BCUT2D eigenvalue weighted by molar-refractivity contribution is -0.891. The Kier molecular flexibility index (Phi) is 16.5. The molecule has 0 aliphatic rings. The van der Waals surface area contributed by atoms with Gasteiger partial charge in [0.15, 0.2) is 0 Å². The highest BCUT2D eigenvalue weighted by molar-refractivity contribution is 5.13. The van der Waals surface area contributed by atoms with Gasteiger partial charge in [-0.2, -0.15) is 0 Å². The number of hydrogen-bond donors (Lipinski definition) is 2. The quantitative estimate of drug-likeness (QED) is 0.470. The summed E-state index contributed by atoms with van der Waals surface area (Å²) < 4.78 is 0. The number of halogens is 2. The van der Waals surface area contributed by atoms with Crippen molar-refractivity contribution in [3.63, 3.8) is 0 Å². The van der Waals surface area contributed by atoms with Gasteiger partial charge in [-0.15, -0.1) is 0 Å². The van der Waals surface area contributed by atoms with Gasteiger partial charge in [-0.25, -0.2) is 0 Å². The highest BCUT2D eigenvalue weighted by Gasteiger charge is 1.98. The minimum atomic E-state index is 0. The summed E-state index contributed by atoms with van der Waals surface area (Å²) in [5.41, 5.74) is 2.85. The summed E-state index contributed by atoms with van der Waals surface area (Å²) in [5.74, 6) is 0. The second-order valence-electron chi connectivity index (χ2n) is 5.95. The van der Waals surface area contributed by atoms with Crippen LogP contribution in [-0.2, 0) is 13.1 Å². The van der Waals surface area contributed by atoms with Crippen molar-refractivity contribution >= 4 is 0 Å². The average Bonchev–Trinajstić information content (AvgIpc) is 2.57. The Hall–Kier alpha value is -0.870. The first-order valence-corrected chi connectivity index (χ1v) is 8.36. The number of hydrogen-bond acceptors (Lipinski definition) is 0. The molecule has 2 rings (SSSR count). The van der Waals surface area contributed by atoms with Crippen molar-refractivity contribution in [2.45, 2.75) is 26.9 Å². The minimum Gasteiger partial charge on any atom is -1.00 e. The Morgan fingerprint density at radius 2 is 0.917 bits per heavy atom. The fourth-order valence-corrected chi connectivity index (χ4v) is 2.14. The molecule has 136 valence electrons. The maximum Gasteiger partial charge on any atom is 0.103 e. The molecule has 0 aliphatic carbocycles. The van der Waals surface area contributed by atoms with E-state index in [0.717, 1.165) is 13.1 Å². The molecule has 2 N–H and O–H groups in total. The topological polar surface area (TPSA) is 8.88 Å². The number of rotatable bonds is 6. The van der Waals surface area contributed by atoms with Crippen LogP contribution >= 0.6 is 0 Å². The summed E-state index contributed by atoms with van der Waals surface area (Å²) in [6.07, 6.45) is 0. The van der Waals surface area contributed by atoms with Crippen LogP contribution < -0.4 is 39.2 Å². The molecule has 2 atom stereocenters. The van der Waals surface area contributed by atoms with E-state index in [4.69, 9.17) is 0 Å². The van der Waals surface area contributed by atoms with Crippen LogP contribution in [0.2, 0.25) is 0 Å². The van der Waals surface area contributed by atoms with Crippen LogP contribution in [-0.4, -0.2) is 27.2 Å². The van der Waals surface area contributed by atoms with Gasteiger partial charge in [-0.1, -0.05) is 60.7 Å². The molecular weight excluding hydrogens is 384 g/mol. The first kappa shape index (κ1) is 25.4. The molecule has 0 bridgehead atoms. The maximum atomic E-state index is 2.22. The van der Waals surface area contributed by atoms with E-state index in [9.17, 15) is 0 Å². The SMILES string of the molecule is CC[NH+](C)Cc1ccccc1.CC[NH+](C)Cc1ccccc1.[Br-].[Cl-]. The summed E-state index contributed by atoms with van der Waals surface area (Å²) in [7, 11) is 4.43. The summed E-state index contributed by atoms with van der Waals surface area (Å²) in [4.78, 5) is 3.10. The van der Waals surface area contributed by atoms with Crippen molar-refractivity contribution < 1.29 is 39.2 Å². The Bertz CT molecular complexity index is 446. The van der Waals surface area contributed by atoms with Crippen molar-refractivity contribution in [1.29, 1.82) is 0 Å². The Labute approximate surface area is 165 Å². The minimum absolute atomic E-state index is 0. The van der Waals surface area contributed by atoms with Crippen molar-refractivity contribution in [2.75, 3.05) is 27.2 Å². The van der Waals surface area contributed by atoms with E-state index in [1.54, 1.807) is 9.80 Å². The second-order valence-corrected chi connectivity index (χ2v) is 5.95. The van der Waals surface area contributed by atoms with Crippen molar-refractivity contribution in [3.8, 4) is 0 Å². The first-order chi connectivity index (χ1) is 10.7. The van der Waals surface area contributed by atoms with Gasteiger partial charge in [0, 0.05) is 11.1 Å². The lowest BCUT2D eigenvalue weighted by Crippen LogP contribution is -3.07. The number of quaternary nitrogens is 2. The van der Waals surface area contributed by atoms with Gasteiger partial charge in [0.05, 0.1) is 27.2 Å². The molecule has 4 heteroatoms. The molecule has 24 heavy (non-hydrogen) atoms. The molecule has 0 heterocycles. The van der Waals surface area contributed by atoms with Gasteiger partial charge in [0.1, 0.15) is 13.1 Å². The molecule has 2 unspecified atom stereocenters. The van der Waals surface area contributed by atoms with Crippen LogP contribution in [0.15, 0.2) is 60.7 Å². The summed E-state index contributed by atoms with van der Waals surface area (Å²) in [5, 5.41) is 0. The summed E-state index contributed by atoms with van der Waals surface area (Å²) in [6.45, 7) is 9.06. The van der Waals surface area contributed by atoms with Crippen LogP contribution in [0.1, 0.15) is 25.0 Å². The zero-order valence-corrected chi connectivity index (χ0v) is 17.7. The van der Waals surface area contributed by atoms with E-state index in [1.807, 2.05) is 0 Å². The molecule has 0 saturated carbocycles. The monoisotopic (exact) mass is 414 g/mol. The van der Waals surface area contributed by atoms with Gasteiger partial charge in [-0.05, 0) is 13.8 Å². The van der Waals surface area contributed by atoms with Crippen molar-refractivity contribution in [1.82, 2.24) is 0 Å². The molecule has 0 aliphatic heterocycles. The smallest absolute Gasteiger partial charge is 0.103 e. The molecule has 0 fully saturated rings. The van der Waals surface area contributed by atoms with E-state index in [1.165, 1.54) is 24.2 Å². The average molecular weight is 416 g/mol. The van der Waals surface area contributed by atoms with E-state index >= 15 is 0 Å². The van der Waals surface area contributed by atoms with Crippen LogP contribution in [0.25, 0.3) is 0 Å². The fraction of sp³-hybridized carbons (Fsp3) is 0.400. The Balaban J connectivity index is 0. The third kappa shape index (κ3) is 11.6. The van der Waals surface area contributed by atoms with E-state index in [2.05, 4.69) is 88.6 Å². The molecule has 0 spiro atoms. The molecular formula is C20H32BrClN2. The molecule has 0 saturated heterocycles. The van der Waals surface area contributed by atoms with Crippen LogP contribution in [0.5, 0.6) is 0 Å². The lowest BCUT2D eigenvalue weighted by atomic mass is 10.2. The normalized spacial score (nSPS) is 11.8. The standard InChI is InChI=1S/2C10H15N.BrH.ClH/c2*1-3-11(2)9-10-7-5-4-6-8-10;;/h2*4-8H,3,9H2,1-2H3;2*1H. The molecule has 0 radical (unpaired) electrons. The van der Waals surface area contributed by atoms with Gasteiger partial charge >= 0.3 is 0 Å². The van der Waals surface area contributed by atoms with Crippen molar-refractivity contribution in [2.24, 2.45) is 0 Å². The van der Waals surface area contributed by atoms with Gasteiger partial charge in [-0.3, -0.25) is 0 Å². The predicted octanol–water partition coefficient (Wildman–Crippen LogP) is -4.55. The third-order valence-electron chi connectivity index (χ3n) is 3.90. The Morgan fingerprint density at radius 3 is 1.17 bits per heavy atom. The number of benzene rings is 2. The molecule has 2 aromatic rings. The second kappa shape index (κ2) is 15.6. The van der Waals surface area contributed by atoms with Gasteiger partial charge in [0.25, 0.3) is 0 Å². The van der Waals surface area contributed by atoms with E-state index in [-0.39, 0.29) is 29.4 Å². The van der Waals surface area contributed by atoms with E-state index < -0.39 is 0 Å². The summed E-state index contributed by atoms with van der Waals surface area (Å²) in [6, 6.07) is 21.2. The Morgan fingerprint density at radius 1 is 0.625 bits per heavy atom. The highest BCUT2D eigenvalue weighted by Crippen LogP contribution is 1.95. The lowest BCUT2D eigenvalue weighted by Gasteiger charge is -2.10. The van der Waals surface area contributed by atoms with E-state index in [0.29, 0.717) is 0 Å². The van der Waals surface area contributed by atoms with Gasteiger partial charge in [0.2, 0.25) is 0 Å². The largest absolute Gasteiger partial charge is 1.00 e. The number of nitrogens with one attached hydrogen (secondary N) is 2. The molecule has 2 aromatic carbocycles.